The molecule has 0 fully saturated rings. The highest BCUT2D eigenvalue weighted by Crippen LogP contribution is 2.21. The van der Waals surface area contributed by atoms with E-state index in [1.165, 1.54) is 5.56 Å². The minimum Gasteiger partial charge on any atom is -0.385 e. The van der Waals surface area contributed by atoms with Crippen LogP contribution < -0.4 is 5.32 Å². The molecule has 1 aromatic rings. The zero-order chi connectivity index (χ0) is 11.3. The lowest BCUT2D eigenvalue weighted by molar-refractivity contribution is 0.398. The monoisotopic (exact) mass is 203 g/mol. The van der Waals surface area contributed by atoms with Gasteiger partial charge in [0.15, 0.2) is 0 Å². The molecular formula is C14H21N. The molecule has 0 bridgehead atoms. The largest absolute Gasteiger partial charge is 0.385 e. The predicted octanol–water partition coefficient (Wildman–Crippen LogP) is 3.73. The van der Waals surface area contributed by atoms with Crippen molar-refractivity contribution in [3.63, 3.8) is 0 Å². The SMILES string of the molecule is C=C(CC(C)(C)C)NCc1ccccc1. The van der Waals surface area contributed by atoms with Crippen LogP contribution in [0.15, 0.2) is 42.6 Å². The fraction of sp³-hybridized carbons (Fsp3) is 0.429. The summed E-state index contributed by atoms with van der Waals surface area (Å²) in [4.78, 5) is 0. The summed E-state index contributed by atoms with van der Waals surface area (Å²) in [6.07, 6.45) is 1.01. The Bertz CT molecular complexity index is 306. The molecule has 0 aliphatic rings. The van der Waals surface area contributed by atoms with E-state index in [0.717, 1.165) is 18.7 Å². The fourth-order valence-corrected chi connectivity index (χ4v) is 1.53. The third-order valence-corrected chi connectivity index (χ3v) is 2.13. The highest BCUT2D eigenvalue weighted by Gasteiger charge is 2.11. The van der Waals surface area contributed by atoms with Gasteiger partial charge in [0.2, 0.25) is 0 Å². The molecule has 0 amide bonds. The molecule has 0 aliphatic heterocycles. The van der Waals surface area contributed by atoms with E-state index >= 15 is 0 Å². The van der Waals surface area contributed by atoms with Gasteiger partial charge in [-0.05, 0) is 17.4 Å². The van der Waals surface area contributed by atoms with Crippen LogP contribution in [0.2, 0.25) is 0 Å². The Morgan fingerprint density at radius 2 is 1.80 bits per heavy atom. The Hall–Kier alpha value is -1.24. The molecule has 0 radical (unpaired) electrons. The molecule has 1 aromatic carbocycles. The van der Waals surface area contributed by atoms with Crippen LogP contribution in [0.3, 0.4) is 0 Å². The maximum Gasteiger partial charge on any atom is 0.0397 e. The Kier molecular flexibility index (Phi) is 3.96. The Morgan fingerprint density at radius 1 is 1.20 bits per heavy atom. The van der Waals surface area contributed by atoms with Gasteiger partial charge in [-0.15, -0.1) is 0 Å². The van der Waals surface area contributed by atoms with Gasteiger partial charge in [-0.25, -0.2) is 0 Å². The van der Waals surface area contributed by atoms with Gasteiger partial charge in [0, 0.05) is 12.2 Å². The van der Waals surface area contributed by atoms with Crippen LogP contribution >= 0.6 is 0 Å². The van der Waals surface area contributed by atoms with Crippen LogP contribution in [0.4, 0.5) is 0 Å². The highest BCUT2D eigenvalue weighted by molar-refractivity contribution is 5.15. The van der Waals surface area contributed by atoms with E-state index in [0.29, 0.717) is 5.41 Å². The van der Waals surface area contributed by atoms with E-state index in [4.69, 9.17) is 0 Å². The van der Waals surface area contributed by atoms with E-state index in [9.17, 15) is 0 Å². The third kappa shape index (κ3) is 5.26. The van der Waals surface area contributed by atoms with Crippen LogP contribution in [0, 0.1) is 5.41 Å². The van der Waals surface area contributed by atoms with Gasteiger partial charge in [0.05, 0.1) is 0 Å². The predicted molar refractivity (Wildman–Crippen MR) is 66.5 cm³/mol. The highest BCUT2D eigenvalue weighted by atomic mass is 14.9. The average Bonchev–Trinajstić information content (AvgIpc) is 2.14. The Balaban J connectivity index is 2.35. The van der Waals surface area contributed by atoms with Crippen molar-refractivity contribution in [2.45, 2.75) is 33.7 Å². The van der Waals surface area contributed by atoms with Crippen molar-refractivity contribution < 1.29 is 0 Å². The van der Waals surface area contributed by atoms with E-state index in [-0.39, 0.29) is 0 Å². The standard InChI is InChI=1S/C14H21N/c1-12(10-14(2,3)4)15-11-13-8-6-5-7-9-13/h5-9,15H,1,10-11H2,2-4H3. The molecule has 1 nitrogen and oxygen atoms in total. The second kappa shape index (κ2) is 5.01. The molecule has 0 spiro atoms. The molecule has 0 saturated heterocycles. The summed E-state index contributed by atoms with van der Waals surface area (Å²) >= 11 is 0. The van der Waals surface area contributed by atoms with Gasteiger partial charge >= 0.3 is 0 Å². The van der Waals surface area contributed by atoms with Crippen molar-refractivity contribution in [1.29, 1.82) is 0 Å². The Labute approximate surface area is 93.2 Å². The second-order valence-corrected chi connectivity index (χ2v) is 5.18. The van der Waals surface area contributed by atoms with Gasteiger partial charge in [-0.3, -0.25) is 0 Å². The molecule has 0 atom stereocenters. The van der Waals surface area contributed by atoms with E-state index in [2.05, 4.69) is 56.9 Å². The molecule has 0 unspecified atom stereocenters. The summed E-state index contributed by atoms with van der Waals surface area (Å²) in [6, 6.07) is 10.4. The lowest BCUT2D eigenvalue weighted by atomic mass is 9.91. The van der Waals surface area contributed by atoms with Gasteiger partial charge in [-0.2, -0.15) is 0 Å². The molecule has 0 aromatic heterocycles. The lowest BCUT2D eigenvalue weighted by Gasteiger charge is -2.20. The first-order valence-corrected chi connectivity index (χ1v) is 5.43. The lowest BCUT2D eigenvalue weighted by Crippen LogP contribution is -2.17. The second-order valence-electron chi connectivity index (χ2n) is 5.18. The first kappa shape index (κ1) is 11.8. The quantitative estimate of drug-likeness (QED) is 0.786. The van der Waals surface area contributed by atoms with Crippen molar-refractivity contribution in [1.82, 2.24) is 5.32 Å². The molecule has 1 N–H and O–H groups in total. The number of benzene rings is 1. The number of rotatable bonds is 4. The normalized spacial score (nSPS) is 11.1. The molecule has 0 aliphatic carbocycles. The van der Waals surface area contributed by atoms with Crippen LogP contribution in [-0.4, -0.2) is 0 Å². The molecule has 1 heteroatoms. The van der Waals surface area contributed by atoms with Crippen molar-refractivity contribution in [3.05, 3.63) is 48.2 Å². The van der Waals surface area contributed by atoms with Gasteiger partial charge in [-0.1, -0.05) is 57.7 Å². The molecule has 0 saturated carbocycles. The van der Waals surface area contributed by atoms with Gasteiger partial charge in [0.1, 0.15) is 0 Å². The minimum atomic E-state index is 0.306. The van der Waals surface area contributed by atoms with Crippen molar-refractivity contribution in [2.75, 3.05) is 0 Å². The topological polar surface area (TPSA) is 12.0 Å². The summed E-state index contributed by atoms with van der Waals surface area (Å²) < 4.78 is 0. The van der Waals surface area contributed by atoms with Crippen molar-refractivity contribution >= 4 is 0 Å². The summed E-state index contributed by atoms with van der Waals surface area (Å²) in [5.41, 5.74) is 2.72. The van der Waals surface area contributed by atoms with Crippen LogP contribution in [0.25, 0.3) is 0 Å². The summed E-state index contributed by atoms with van der Waals surface area (Å²) in [7, 11) is 0. The number of hydrogen-bond acceptors (Lipinski definition) is 1. The number of hydrogen-bond donors (Lipinski definition) is 1. The first-order valence-electron chi connectivity index (χ1n) is 5.43. The van der Waals surface area contributed by atoms with Crippen molar-refractivity contribution in [2.24, 2.45) is 5.41 Å². The fourth-order valence-electron chi connectivity index (χ4n) is 1.53. The van der Waals surface area contributed by atoms with Crippen LogP contribution in [-0.2, 0) is 6.54 Å². The molecule has 15 heavy (non-hydrogen) atoms. The van der Waals surface area contributed by atoms with Crippen LogP contribution in [0.5, 0.6) is 0 Å². The van der Waals surface area contributed by atoms with Gasteiger partial charge < -0.3 is 5.32 Å². The number of nitrogens with one attached hydrogen (secondary N) is 1. The molecule has 82 valence electrons. The van der Waals surface area contributed by atoms with Crippen LogP contribution in [0.1, 0.15) is 32.8 Å². The van der Waals surface area contributed by atoms with Gasteiger partial charge in [0.25, 0.3) is 0 Å². The first-order chi connectivity index (χ1) is 6.97. The third-order valence-electron chi connectivity index (χ3n) is 2.13. The average molecular weight is 203 g/mol. The Morgan fingerprint density at radius 3 is 2.33 bits per heavy atom. The summed E-state index contributed by atoms with van der Waals surface area (Å²) in [5.74, 6) is 0. The maximum atomic E-state index is 4.04. The zero-order valence-corrected chi connectivity index (χ0v) is 10.0. The number of allylic oxidation sites excluding steroid dienone is 1. The van der Waals surface area contributed by atoms with E-state index < -0.39 is 0 Å². The minimum absolute atomic E-state index is 0.306. The maximum absolute atomic E-state index is 4.04. The van der Waals surface area contributed by atoms with Crippen molar-refractivity contribution in [3.8, 4) is 0 Å². The molecule has 0 heterocycles. The summed E-state index contributed by atoms with van der Waals surface area (Å²) in [5, 5.41) is 3.36. The molecular weight excluding hydrogens is 182 g/mol. The molecule has 1 rings (SSSR count). The zero-order valence-electron chi connectivity index (χ0n) is 10.0. The van der Waals surface area contributed by atoms with E-state index in [1.54, 1.807) is 0 Å². The smallest absolute Gasteiger partial charge is 0.0397 e. The van der Waals surface area contributed by atoms with E-state index in [1.807, 2.05) is 6.07 Å². The summed E-state index contributed by atoms with van der Waals surface area (Å²) in [6.45, 7) is 11.6.